The van der Waals surface area contributed by atoms with Crippen LogP contribution in [0.3, 0.4) is 0 Å². The molecule has 0 aliphatic carbocycles. The zero-order valence-electron chi connectivity index (χ0n) is 21.5. The van der Waals surface area contributed by atoms with E-state index >= 15 is 0 Å². The van der Waals surface area contributed by atoms with Crippen LogP contribution in [0.2, 0.25) is 0 Å². The maximum absolute atomic E-state index is 5.50. The lowest BCUT2D eigenvalue weighted by Gasteiger charge is -2.12. The average Bonchev–Trinajstić information content (AvgIpc) is 3.51. The van der Waals surface area contributed by atoms with Crippen LogP contribution in [0.5, 0.6) is 0 Å². The molecular formula is C36H22N4. The normalized spacial score (nSPS) is 12.0. The molecule has 4 aromatic heterocycles. The van der Waals surface area contributed by atoms with Gasteiger partial charge in [0, 0.05) is 33.1 Å². The van der Waals surface area contributed by atoms with E-state index in [-0.39, 0.29) is 0 Å². The van der Waals surface area contributed by atoms with Crippen molar-refractivity contribution in [1.29, 1.82) is 0 Å². The molecule has 0 fully saturated rings. The van der Waals surface area contributed by atoms with Gasteiger partial charge in [0.15, 0.2) is 0 Å². The van der Waals surface area contributed by atoms with Crippen molar-refractivity contribution in [2.24, 2.45) is 0 Å². The highest BCUT2D eigenvalue weighted by atomic mass is 15.1. The van der Waals surface area contributed by atoms with Gasteiger partial charge < -0.3 is 0 Å². The van der Waals surface area contributed by atoms with Crippen molar-refractivity contribution in [1.82, 2.24) is 19.1 Å². The Morgan fingerprint density at radius 2 is 0.975 bits per heavy atom. The highest BCUT2D eigenvalue weighted by Crippen LogP contribution is 2.39. The van der Waals surface area contributed by atoms with Crippen LogP contribution in [0.4, 0.5) is 0 Å². The van der Waals surface area contributed by atoms with Gasteiger partial charge in [0.25, 0.3) is 0 Å². The first-order valence-electron chi connectivity index (χ1n) is 13.5. The summed E-state index contributed by atoms with van der Waals surface area (Å²) >= 11 is 0. The summed E-state index contributed by atoms with van der Waals surface area (Å²) < 4.78 is 4.61. The van der Waals surface area contributed by atoms with Gasteiger partial charge in [-0.05, 0) is 47.2 Å². The number of fused-ring (bicyclic) bond motifs is 8. The summed E-state index contributed by atoms with van der Waals surface area (Å²) in [6, 6.07) is 45.1. The van der Waals surface area contributed by atoms with Crippen LogP contribution >= 0.6 is 0 Å². The Morgan fingerprint density at radius 3 is 1.70 bits per heavy atom. The Hall–Kier alpha value is -5.48. The predicted octanol–water partition coefficient (Wildman–Crippen LogP) is 8.98. The molecule has 0 radical (unpaired) electrons. The number of benzene rings is 5. The van der Waals surface area contributed by atoms with Crippen LogP contribution in [0, 0.1) is 0 Å². The fourth-order valence-corrected chi connectivity index (χ4v) is 6.41. The van der Waals surface area contributed by atoms with E-state index in [1.807, 2.05) is 12.3 Å². The molecule has 9 rings (SSSR count). The number of nitrogens with zero attached hydrogens (tertiary/aromatic N) is 4. The van der Waals surface area contributed by atoms with Gasteiger partial charge in [-0.15, -0.1) is 0 Å². The van der Waals surface area contributed by atoms with Crippen LogP contribution in [0.25, 0.3) is 76.9 Å². The van der Waals surface area contributed by atoms with E-state index in [1.54, 1.807) is 0 Å². The molecule has 5 aromatic carbocycles. The molecule has 0 saturated heterocycles. The van der Waals surface area contributed by atoms with Crippen LogP contribution < -0.4 is 0 Å². The van der Waals surface area contributed by atoms with Crippen molar-refractivity contribution in [2.45, 2.75) is 0 Å². The number of rotatable bonds is 2. The van der Waals surface area contributed by atoms with Gasteiger partial charge in [0.05, 0.1) is 27.9 Å². The second kappa shape index (κ2) is 8.01. The topological polar surface area (TPSA) is 35.6 Å². The molecule has 0 aliphatic rings. The third-order valence-electron chi connectivity index (χ3n) is 8.14. The first kappa shape index (κ1) is 21.5. The average molecular weight is 511 g/mol. The van der Waals surface area contributed by atoms with Gasteiger partial charge in [0.2, 0.25) is 0 Å². The van der Waals surface area contributed by atoms with Crippen molar-refractivity contribution >= 4 is 65.5 Å². The molecule has 186 valence electrons. The quantitative estimate of drug-likeness (QED) is 0.233. The first-order chi connectivity index (χ1) is 19.9. The van der Waals surface area contributed by atoms with E-state index in [0.29, 0.717) is 0 Å². The Bertz CT molecular complexity index is 2270. The molecule has 0 N–H and O–H groups in total. The molecular weight excluding hydrogens is 488 g/mol. The molecule has 0 bridgehead atoms. The van der Waals surface area contributed by atoms with Crippen molar-refractivity contribution in [3.05, 3.63) is 134 Å². The zero-order valence-corrected chi connectivity index (χ0v) is 21.5. The van der Waals surface area contributed by atoms with Gasteiger partial charge in [-0.25, -0.2) is 4.98 Å². The van der Waals surface area contributed by atoms with Gasteiger partial charge in [-0.1, -0.05) is 91.0 Å². The molecule has 0 amide bonds. The number of pyridine rings is 2. The lowest BCUT2D eigenvalue weighted by Crippen LogP contribution is -2.00. The Labute approximate surface area is 229 Å². The van der Waals surface area contributed by atoms with Crippen LogP contribution in [-0.4, -0.2) is 19.1 Å². The minimum absolute atomic E-state index is 0.904. The van der Waals surface area contributed by atoms with Gasteiger partial charge in [-0.2, -0.15) is 0 Å². The molecule has 4 heteroatoms. The standard InChI is InChI=1S/C36H22N4/c1-3-14-25-23(10-1)12-7-18-30(25)39-32-17-6-5-16-27(32)28-22-29-34-33(20-9-21-37-34)40(36(29)38-35(28)39)31-19-8-13-24-11-2-4-15-26(24)31/h1-22H. The van der Waals surface area contributed by atoms with Gasteiger partial charge in [-0.3, -0.25) is 14.1 Å². The summed E-state index contributed by atoms with van der Waals surface area (Å²) in [6.45, 7) is 0. The van der Waals surface area contributed by atoms with Crippen molar-refractivity contribution < 1.29 is 0 Å². The largest absolute Gasteiger partial charge is 0.293 e. The zero-order chi connectivity index (χ0) is 26.2. The smallest absolute Gasteiger partial charge is 0.149 e. The monoisotopic (exact) mass is 510 g/mol. The maximum Gasteiger partial charge on any atom is 0.149 e. The number of hydrogen-bond donors (Lipinski definition) is 0. The lowest BCUT2D eigenvalue weighted by atomic mass is 10.1. The van der Waals surface area contributed by atoms with Crippen molar-refractivity contribution in [3.8, 4) is 11.4 Å². The summed E-state index contributed by atoms with van der Waals surface area (Å²) in [7, 11) is 0. The molecule has 4 nitrogen and oxygen atoms in total. The van der Waals surface area contributed by atoms with E-state index in [1.165, 1.54) is 26.9 Å². The molecule has 0 spiro atoms. The van der Waals surface area contributed by atoms with E-state index in [2.05, 4.69) is 130 Å². The fourth-order valence-electron chi connectivity index (χ4n) is 6.41. The van der Waals surface area contributed by atoms with E-state index in [9.17, 15) is 0 Å². The van der Waals surface area contributed by atoms with E-state index < -0.39 is 0 Å². The minimum Gasteiger partial charge on any atom is -0.293 e. The molecule has 0 saturated carbocycles. The summed E-state index contributed by atoms with van der Waals surface area (Å²) in [5.41, 5.74) is 7.23. The van der Waals surface area contributed by atoms with Crippen LogP contribution in [0.15, 0.2) is 134 Å². The van der Waals surface area contributed by atoms with Crippen molar-refractivity contribution in [2.75, 3.05) is 0 Å². The summed E-state index contributed by atoms with van der Waals surface area (Å²) in [6.07, 6.45) is 1.87. The number of hydrogen-bond acceptors (Lipinski definition) is 2. The molecule has 0 atom stereocenters. The molecule has 4 heterocycles. The van der Waals surface area contributed by atoms with Crippen LogP contribution in [-0.2, 0) is 0 Å². The first-order valence-corrected chi connectivity index (χ1v) is 13.5. The number of para-hydroxylation sites is 1. The predicted molar refractivity (Wildman–Crippen MR) is 166 cm³/mol. The Balaban J connectivity index is 1.49. The van der Waals surface area contributed by atoms with E-state index in [4.69, 9.17) is 9.97 Å². The minimum atomic E-state index is 0.904. The van der Waals surface area contributed by atoms with Gasteiger partial charge in [0.1, 0.15) is 11.3 Å². The fraction of sp³-hybridized carbons (Fsp3) is 0. The summed E-state index contributed by atoms with van der Waals surface area (Å²) in [5, 5.41) is 8.15. The van der Waals surface area contributed by atoms with Crippen molar-refractivity contribution in [3.63, 3.8) is 0 Å². The third kappa shape index (κ3) is 2.85. The molecule has 0 aliphatic heterocycles. The Morgan fingerprint density at radius 1 is 0.425 bits per heavy atom. The Kier molecular flexibility index (Phi) is 4.30. The second-order valence-electron chi connectivity index (χ2n) is 10.3. The summed E-state index contributed by atoms with van der Waals surface area (Å²) in [4.78, 5) is 10.4. The lowest BCUT2D eigenvalue weighted by molar-refractivity contribution is 1.12. The molecule has 40 heavy (non-hydrogen) atoms. The third-order valence-corrected chi connectivity index (χ3v) is 8.14. The highest BCUT2D eigenvalue weighted by molar-refractivity contribution is 6.16. The van der Waals surface area contributed by atoms with E-state index in [0.717, 1.165) is 50.0 Å². The number of aromatic nitrogens is 4. The second-order valence-corrected chi connectivity index (χ2v) is 10.3. The SMILES string of the molecule is c1ccc2c(-n3c4ccccc4c4cc5c6ncccc6n(-c6cccc7ccccc67)c5nc43)cccc2c1. The maximum atomic E-state index is 5.50. The van der Waals surface area contributed by atoms with Gasteiger partial charge >= 0.3 is 0 Å². The highest BCUT2D eigenvalue weighted by Gasteiger charge is 2.21. The summed E-state index contributed by atoms with van der Waals surface area (Å²) in [5.74, 6) is 0. The molecule has 0 unspecified atom stereocenters. The van der Waals surface area contributed by atoms with Crippen LogP contribution in [0.1, 0.15) is 0 Å². The molecule has 9 aromatic rings.